The Morgan fingerprint density at radius 2 is 1.76 bits per heavy atom. The Bertz CT molecular complexity index is 1090. The third kappa shape index (κ3) is 7.57. The average molecular weight is 539 g/mol. The van der Waals surface area contributed by atoms with Gasteiger partial charge >= 0.3 is 0 Å². The predicted octanol–water partition coefficient (Wildman–Crippen LogP) is 3.86. The number of carbonyl (C=O) groups excluding carboxylic acids is 2. The third-order valence-corrected chi connectivity index (χ3v) is 6.85. The van der Waals surface area contributed by atoms with E-state index in [0.29, 0.717) is 16.6 Å². The molecule has 1 N–H and O–H groups in total. The number of nitrogens with zero attached hydrogens (tertiary/aromatic N) is 2. The standard InChI is InChI=1S/C24H32BrN3O4S/c1-6-21(24(30)26-17(2)3)27(15-19-11-9-10-18(4)14-19)23(29)16-28(33(5,31)32)22-13-8-7-12-20(22)25/h7-14,17,21H,6,15-16H2,1-5H3,(H,26,30)/t21-/m1/s1. The second kappa shape index (κ2) is 11.7. The molecular formula is C24H32BrN3O4S. The first-order valence-electron chi connectivity index (χ1n) is 10.8. The zero-order valence-corrected chi connectivity index (χ0v) is 22.1. The van der Waals surface area contributed by atoms with Crippen LogP contribution in [0.1, 0.15) is 38.3 Å². The Balaban J connectivity index is 2.46. The summed E-state index contributed by atoms with van der Waals surface area (Å²) < 4.78 is 26.9. The van der Waals surface area contributed by atoms with Crippen LogP contribution in [0.3, 0.4) is 0 Å². The van der Waals surface area contributed by atoms with Crippen molar-refractivity contribution in [1.29, 1.82) is 0 Å². The van der Waals surface area contributed by atoms with Crippen molar-refractivity contribution in [2.24, 2.45) is 0 Å². The summed E-state index contributed by atoms with van der Waals surface area (Å²) in [5.74, 6) is -0.719. The second-order valence-electron chi connectivity index (χ2n) is 8.32. The molecule has 2 aromatic carbocycles. The Labute approximate surface area is 205 Å². The van der Waals surface area contributed by atoms with E-state index in [1.807, 2.05) is 52.0 Å². The van der Waals surface area contributed by atoms with E-state index in [9.17, 15) is 18.0 Å². The lowest BCUT2D eigenvalue weighted by atomic mass is 10.1. The monoisotopic (exact) mass is 537 g/mol. The van der Waals surface area contributed by atoms with Crippen molar-refractivity contribution in [2.45, 2.75) is 52.7 Å². The molecule has 0 spiro atoms. The summed E-state index contributed by atoms with van der Waals surface area (Å²) >= 11 is 3.38. The SMILES string of the molecule is CC[C@H](C(=O)NC(C)C)N(Cc1cccc(C)c1)C(=O)CN(c1ccccc1Br)S(C)(=O)=O. The van der Waals surface area contributed by atoms with Crippen molar-refractivity contribution in [3.8, 4) is 0 Å². The molecule has 0 unspecified atom stereocenters. The van der Waals surface area contributed by atoms with E-state index in [4.69, 9.17) is 0 Å². The lowest BCUT2D eigenvalue weighted by Gasteiger charge is -2.33. The fraction of sp³-hybridized carbons (Fsp3) is 0.417. The summed E-state index contributed by atoms with van der Waals surface area (Å²) in [5, 5.41) is 2.88. The van der Waals surface area contributed by atoms with Gasteiger partial charge in [0, 0.05) is 17.1 Å². The molecule has 0 heterocycles. The van der Waals surface area contributed by atoms with Gasteiger partial charge in [0.2, 0.25) is 21.8 Å². The van der Waals surface area contributed by atoms with Crippen molar-refractivity contribution in [1.82, 2.24) is 10.2 Å². The summed E-state index contributed by atoms with van der Waals surface area (Å²) in [6.45, 7) is 7.28. The number of rotatable bonds is 10. The van der Waals surface area contributed by atoms with Crippen molar-refractivity contribution in [3.63, 3.8) is 0 Å². The van der Waals surface area contributed by atoms with Crippen LogP contribution in [-0.2, 0) is 26.2 Å². The lowest BCUT2D eigenvalue weighted by molar-refractivity contribution is -0.140. The van der Waals surface area contributed by atoms with Crippen molar-refractivity contribution >= 4 is 43.5 Å². The van der Waals surface area contributed by atoms with Crippen LogP contribution in [0.4, 0.5) is 5.69 Å². The number of anilines is 1. The number of halogens is 1. The number of hydrogen-bond donors (Lipinski definition) is 1. The molecule has 9 heteroatoms. The zero-order valence-electron chi connectivity index (χ0n) is 19.7. The van der Waals surface area contributed by atoms with Crippen LogP contribution in [0.15, 0.2) is 53.0 Å². The molecule has 7 nitrogen and oxygen atoms in total. The van der Waals surface area contributed by atoms with Crippen LogP contribution in [0.25, 0.3) is 0 Å². The molecule has 2 amide bonds. The topological polar surface area (TPSA) is 86.8 Å². The molecule has 2 aromatic rings. The number of aryl methyl sites for hydroxylation is 1. The number of para-hydroxylation sites is 1. The van der Waals surface area contributed by atoms with Gasteiger partial charge in [-0.25, -0.2) is 8.42 Å². The minimum Gasteiger partial charge on any atom is -0.352 e. The van der Waals surface area contributed by atoms with Crippen LogP contribution in [-0.4, -0.2) is 50.0 Å². The fourth-order valence-electron chi connectivity index (χ4n) is 3.56. The molecule has 0 aliphatic heterocycles. The van der Waals surface area contributed by atoms with E-state index >= 15 is 0 Å². The van der Waals surface area contributed by atoms with E-state index < -0.39 is 28.5 Å². The highest BCUT2D eigenvalue weighted by atomic mass is 79.9. The molecule has 0 aliphatic carbocycles. The Hall–Kier alpha value is -2.39. The predicted molar refractivity (Wildman–Crippen MR) is 135 cm³/mol. The van der Waals surface area contributed by atoms with Gasteiger partial charge in [-0.3, -0.25) is 13.9 Å². The molecular weight excluding hydrogens is 506 g/mol. The molecule has 0 saturated carbocycles. The number of amides is 2. The molecule has 0 aromatic heterocycles. The van der Waals surface area contributed by atoms with E-state index in [0.717, 1.165) is 21.7 Å². The summed E-state index contributed by atoms with van der Waals surface area (Å²) in [6.07, 6.45) is 1.46. The van der Waals surface area contributed by atoms with Gasteiger partial charge in [-0.2, -0.15) is 0 Å². The molecule has 0 saturated heterocycles. The van der Waals surface area contributed by atoms with Gasteiger partial charge in [-0.15, -0.1) is 0 Å². The lowest BCUT2D eigenvalue weighted by Crippen LogP contribution is -2.53. The first kappa shape index (κ1) is 26.9. The molecule has 0 bridgehead atoms. The molecule has 180 valence electrons. The quantitative estimate of drug-likeness (QED) is 0.498. The highest BCUT2D eigenvalue weighted by Crippen LogP contribution is 2.28. The van der Waals surface area contributed by atoms with Crippen LogP contribution < -0.4 is 9.62 Å². The molecule has 0 fully saturated rings. The van der Waals surface area contributed by atoms with Crippen LogP contribution in [0, 0.1) is 6.92 Å². The molecule has 1 atom stereocenters. The van der Waals surface area contributed by atoms with Gasteiger partial charge in [0.05, 0.1) is 11.9 Å². The Morgan fingerprint density at radius 3 is 2.30 bits per heavy atom. The third-order valence-electron chi connectivity index (χ3n) is 5.05. The van der Waals surface area contributed by atoms with Gasteiger partial charge in [0.25, 0.3) is 0 Å². The Morgan fingerprint density at radius 1 is 1.09 bits per heavy atom. The number of hydrogen-bond acceptors (Lipinski definition) is 4. The van der Waals surface area contributed by atoms with Gasteiger partial charge in [0.1, 0.15) is 12.6 Å². The second-order valence-corrected chi connectivity index (χ2v) is 11.1. The minimum atomic E-state index is -3.77. The molecule has 0 aliphatic rings. The first-order chi connectivity index (χ1) is 15.4. The van der Waals surface area contributed by atoms with E-state index in [1.54, 1.807) is 24.3 Å². The maximum atomic E-state index is 13.6. The van der Waals surface area contributed by atoms with Gasteiger partial charge < -0.3 is 10.2 Å². The van der Waals surface area contributed by atoms with Crippen LogP contribution in [0.5, 0.6) is 0 Å². The number of carbonyl (C=O) groups is 2. The zero-order chi connectivity index (χ0) is 24.8. The molecule has 2 rings (SSSR count). The maximum absolute atomic E-state index is 13.6. The minimum absolute atomic E-state index is 0.0877. The Kier molecular flexibility index (Phi) is 9.48. The highest BCUT2D eigenvalue weighted by molar-refractivity contribution is 9.10. The normalized spacial score (nSPS) is 12.3. The molecule has 33 heavy (non-hydrogen) atoms. The first-order valence-corrected chi connectivity index (χ1v) is 13.5. The molecule has 0 radical (unpaired) electrons. The highest BCUT2D eigenvalue weighted by Gasteiger charge is 2.32. The van der Waals surface area contributed by atoms with Crippen molar-refractivity contribution in [2.75, 3.05) is 17.1 Å². The largest absolute Gasteiger partial charge is 0.352 e. The van der Waals surface area contributed by atoms with E-state index in [2.05, 4.69) is 21.2 Å². The smallest absolute Gasteiger partial charge is 0.244 e. The average Bonchev–Trinajstić information content (AvgIpc) is 2.71. The van der Waals surface area contributed by atoms with Gasteiger partial charge in [-0.1, -0.05) is 48.9 Å². The fourth-order valence-corrected chi connectivity index (χ4v) is 5.03. The van der Waals surface area contributed by atoms with Crippen molar-refractivity contribution in [3.05, 3.63) is 64.1 Å². The van der Waals surface area contributed by atoms with E-state index in [-0.39, 0.29) is 18.5 Å². The maximum Gasteiger partial charge on any atom is 0.244 e. The van der Waals surface area contributed by atoms with Gasteiger partial charge in [-0.05, 0) is 60.8 Å². The summed E-state index contributed by atoms with van der Waals surface area (Å²) in [6, 6.07) is 13.7. The number of nitrogens with one attached hydrogen (secondary N) is 1. The van der Waals surface area contributed by atoms with Crippen LogP contribution >= 0.6 is 15.9 Å². The summed E-state index contributed by atoms with van der Waals surface area (Å²) in [4.78, 5) is 28.0. The van der Waals surface area contributed by atoms with Gasteiger partial charge in [0.15, 0.2) is 0 Å². The van der Waals surface area contributed by atoms with Crippen molar-refractivity contribution < 1.29 is 18.0 Å². The van der Waals surface area contributed by atoms with Crippen LogP contribution in [0.2, 0.25) is 0 Å². The summed E-state index contributed by atoms with van der Waals surface area (Å²) in [5.41, 5.74) is 2.26. The number of benzene rings is 2. The summed E-state index contributed by atoms with van der Waals surface area (Å²) in [7, 11) is -3.77. The number of sulfonamides is 1. The van der Waals surface area contributed by atoms with E-state index in [1.165, 1.54) is 4.90 Å².